The van der Waals surface area contributed by atoms with Crippen molar-refractivity contribution >= 4 is 27.5 Å². The maximum absolute atomic E-state index is 13.3. The molecule has 5 heteroatoms. The van der Waals surface area contributed by atoms with Crippen LogP contribution in [0.4, 0.5) is 4.39 Å². The summed E-state index contributed by atoms with van der Waals surface area (Å²) in [7, 11) is 0. The van der Waals surface area contributed by atoms with E-state index in [1.165, 1.54) is 12.1 Å². The summed E-state index contributed by atoms with van der Waals surface area (Å²) in [5.41, 5.74) is 1.64. The minimum atomic E-state index is -0.317. The monoisotopic (exact) mass is 329 g/mol. The van der Waals surface area contributed by atoms with Gasteiger partial charge in [-0.05, 0) is 23.8 Å². The number of hydrogen-bond donors (Lipinski definition) is 0. The maximum Gasteiger partial charge on any atom is 0.127 e. The minimum absolute atomic E-state index is 0.284. The SMILES string of the molecule is Fc1cc(CBr)cc(OCc2ccncc2Cl)c1. The van der Waals surface area contributed by atoms with Crippen molar-refractivity contribution in [1.29, 1.82) is 0 Å². The maximum atomic E-state index is 13.3. The molecule has 0 fully saturated rings. The zero-order valence-corrected chi connectivity index (χ0v) is 11.7. The molecule has 0 saturated heterocycles. The fraction of sp³-hybridized carbons (Fsp3) is 0.154. The Morgan fingerprint density at radius 2 is 2.17 bits per heavy atom. The van der Waals surface area contributed by atoms with Crippen molar-refractivity contribution in [3.63, 3.8) is 0 Å². The number of hydrogen-bond acceptors (Lipinski definition) is 2. The quantitative estimate of drug-likeness (QED) is 0.778. The number of ether oxygens (including phenoxy) is 1. The van der Waals surface area contributed by atoms with Crippen LogP contribution in [-0.2, 0) is 11.9 Å². The molecule has 94 valence electrons. The van der Waals surface area contributed by atoms with Crippen molar-refractivity contribution in [3.05, 3.63) is 58.6 Å². The summed E-state index contributed by atoms with van der Waals surface area (Å²) >= 11 is 9.24. The van der Waals surface area contributed by atoms with Gasteiger partial charge in [-0.3, -0.25) is 4.98 Å². The van der Waals surface area contributed by atoms with E-state index < -0.39 is 0 Å². The highest BCUT2D eigenvalue weighted by Gasteiger charge is 2.04. The molecule has 0 saturated carbocycles. The molecule has 2 aromatic rings. The number of benzene rings is 1. The topological polar surface area (TPSA) is 22.1 Å². The zero-order valence-electron chi connectivity index (χ0n) is 9.37. The van der Waals surface area contributed by atoms with Gasteiger partial charge in [-0.2, -0.15) is 0 Å². The van der Waals surface area contributed by atoms with Crippen molar-refractivity contribution in [3.8, 4) is 5.75 Å². The highest BCUT2D eigenvalue weighted by Crippen LogP contribution is 2.21. The lowest BCUT2D eigenvalue weighted by Crippen LogP contribution is -1.97. The molecule has 1 aromatic heterocycles. The van der Waals surface area contributed by atoms with Gasteiger partial charge in [0, 0.05) is 29.4 Å². The molecular formula is C13H10BrClFNO. The van der Waals surface area contributed by atoms with Gasteiger partial charge in [-0.25, -0.2) is 4.39 Å². The second kappa shape index (κ2) is 6.16. The summed E-state index contributed by atoms with van der Waals surface area (Å²) in [6.45, 7) is 0.284. The van der Waals surface area contributed by atoms with Gasteiger partial charge in [0.25, 0.3) is 0 Å². The highest BCUT2D eigenvalue weighted by atomic mass is 79.9. The summed E-state index contributed by atoms with van der Waals surface area (Å²) in [6.07, 6.45) is 3.19. The molecule has 0 bridgehead atoms. The Hall–Kier alpha value is -1.13. The van der Waals surface area contributed by atoms with Crippen molar-refractivity contribution < 1.29 is 9.13 Å². The first kappa shape index (κ1) is 13.3. The van der Waals surface area contributed by atoms with Crippen molar-refractivity contribution in [2.45, 2.75) is 11.9 Å². The Kier molecular flexibility index (Phi) is 4.55. The van der Waals surface area contributed by atoms with E-state index in [9.17, 15) is 4.39 Å². The average Bonchev–Trinajstić information content (AvgIpc) is 2.37. The lowest BCUT2D eigenvalue weighted by molar-refractivity contribution is 0.304. The molecule has 18 heavy (non-hydrogen) atoms. The van der Waals surface area contributed by atoms with E-state index in [2.05, 4.69) is 20.9 Å². The fourth-order valence-corrected chi connectivity index (χ4v) is 1.96. The third kappa shape index (κ3) is 3.43. The summed E-state index contributed by atoms with van der Waals surface area (Å²) in [5, 5.41) is 1.12. The zero-order chi connectivity index (χ0) is 13.0. The van der Waals surface area contributed by atoms with Gasteiger partial charge in [0.15, 0.2) is 0 Å². The van der Waals surface area contributed by atoms with Crippen LogP contribution in [0.2, 0.25) is 5.02 Å². The number of nitrogens with zero attached hydrogens (tertiary/aromatic N) is 1. The third-order valence-corrected chi connectivity index (χ3v) is 3.32. The Bertz CT molecular complexity index is 550. The first-order valence-electron chi connectivity index (χ1n) is 5.25. The normalized spacial score (nSPS) is 10.4. The van der Waals surface area contributed by atoms with Crippen LogP contribution in [0, 0.1) is 5.82 Å². The molecule has 0 aliphatic carbocycles. The van der Waals surface area contributed by atoms with E-state index in [4.69, 9.17) is 16.3 Å². The van der Waals surface area contributed by atoms with Gasteiger partial charge in [0.05, 0.1) is 5.02 Å². The summed E-state index contributed by atoms with van der Waals surface area (Å²) in [5.74, 6) is 0.167. The summed E-state index contributed by atoms with van der Waals surface area (Å²) in [4.78, 5) is 3.89. The molecule has 0 atom stereocenters. The Balaban J connectivity index is 2.11. The van der Waals surface area contributed by atoms with Crippen LogP contribution in [-0.4, -0.2) is 4.98 Å². The summed E-state index contributed by atoms with van der Waals surface area (Å²) in [6, 6.07) is 6.36. The number of pyridine rings is 1. The molecule has 0 amide bonds. The molecule has 2 rings (SSSR count). The van der Waals surface area contributed by atoms with Gasteiger partial charge < -0.3 is 4.74 Å². The molecule has 1 heterocycles. The number of alkyl halides is 1. The van der Waals surface area contributed by atoms with Crippen LogP contribution in [0.3, 0.4) is 0 Å². The molecule has 0 N–H and O–H groups in total. The van der Waals surface area contributed by atoms with E-state index in [-0.39, 0.29) is 12.4 Å². The predicted molar refractivity (Wildman–Crippen MR) is 72.6 cm³/mol. The average molecular weight is 331 g/mol. The summed E-state index contributed by atoms with van der Waals surface area (Å²) < 4.78 is 18.8. The smallest absolute Gasteiger partial charge is 0.127 e. The molecule has 1 aromatic carbocycles. The number of rotatable bonds is 4. The van der Waals surface area contributed by atoms with E-state index in [1.807, 2.05) is 0 Å². The Morgan fingerprint density at radius 3 is 2.89 bits per heavy atom. The third-order valence-electron chi connectivity index (χ3n) is 2.34. The molecule has 0 spiro atoms. The standard InChI is InChI=1S/C13H10BrClFNO/c14-6-9-3-11(16)5-12(4-9)18-8-10-1-2-17-7-13(10)15/h1-5,7H,6,8H2. The predicted octanol–water partition coefficient (Wildman–Crippen LogP) is 4.35. The fourth-order valence-electron chi connectivity index (χ4n) is 1.46. The van der Waals surface area contributed by atoms with Crippen LogP contribution < -0.4 is 4.74 Å². The lowest BCUT2D eigenvalue weighted by atomic mass is 10.2. The van der Waals surface area contributed by atoms with E-state index in [0.717, 1.165) is 11.1 Å². The molecular weight excluding hydrogens is 321 g/mol. The van der Waals surface area contributed by atoms with Crippen LogP contribution in [0.15, 0.2) is 36.7 Å². The lowest BCUT2D eigenvalue weighted by Gasteiger charge is -2.08. The van der Waals surface area contributed by atoms with Crippen LogP contribution in [0.5, 0.6) is 5.75 Å². The minimum Gasteiger partial charge on any atom is -0.489 e. The van der Waals surface area contributed by atoms with Gasteiger partial charge in [0.2, 0.25) is 0 Å². The van der Waals surface area contributed by atoms with Gasteiger partial charge in [0.1, 0.15) is 18.2 Å². The van der Waals surface area contributed by atoms with E-state index in [0.29, 0.717) is 16.1 Å². The van der Waals surface area contributed by atoms with Gasteiger partial charge in [-0.1, -0.05) is 27.5 Å². The van der Waals surface area contributed by atoms with Crippen molar-refractivity contribution in [2.24, 2.45) is 0 Å². The Morgan fingerprint density at radius 1 is 1.33 bits per heavy atom. The van der Waals surface area contributed by atoms with Crippen LogP contribution in [0.1, 0.15) is 11.1 Å². The molecule has 0 aliphatic heterocycles. The van der Waals surface area contributed by atoms with Crippen molar-refractivity contribution in [2.75, 3.05) is 0 Å². The molecule has 2 nitrogen and oxygen atoms in total. The molecule has 0 aliphatic rings. The second-order valence-electron chi connectivity index (χ2n) is 3.68. The van der Waals surface area contributed by atoms with Crippen LogP contribution in [0.25, 0.3) is 0 Å². The highest BCUT2D eigenvalue weighted by molar-refractivity contribution is 9.08. The van der Waals surface area contributed by atoms with Crippen molar-refractivity contribution in [1.82, 2.24) is 4.98 Å². The molecule has 0 radical (unpaired) electrons. The molecule has 0 unspecified atom stereocenters. The van der Waals surface area contributed by atoms with Gasteiger partial charge in [-0.15, -0.1) is 0 Å². The first-order chi connectivity index (χ1) is 8.69. The first-order valence-corrected chi connectivity index (χ1v) is 6.75. The van der Waals surface area contributed by atoms with E-state index >= 15 is 0 Å². The van der Waals surface area contributed by atoms with Gasteiger partial charge >= 0.3 is 0 Å². The number of halogens is 3. The second-order valence-corrected chi connectivity index (χ2v) is 4.65. The largest absolute Gasteiger partial charge is 0.489 e. The van der Waals surface area contributed by atoms with Crippen LogP contribution >= 0.6 is 27.5 Å². The Labute approximate surface area is 118 Å². The van der Waals surface area contributed by atoms with E-state index in [1.54, 1.807) is 24.5 Å². The number of aromatic nitrogens is 1.